The van der Waals surface area contributed by atoms with E-state index in [0.717, 1.165) is 116 Å². The number of esters is 3. The van der Waals surface area contributed by atoms with E-state index < -0.39 is 6.10 Å². The fourth-order valence-corrected chi connectivity index (χ4v) is 9.89. The Balaban J connectivity index is 4.23. The van der Waals surface area contributed by atoms with Gasteiger partial charge in [0.05, 0.1) is 0 Å². The van der Waals surface area contributed by atoms with Crippen LogP contribution in [0.2, 0.25) is 0 Å². The first kappa shape index (κ1) is 77.3. The summed E-state index contributed by atoms with van der Waals surface area (Å²) in [5.74, 6) is -0.872. The zero-order valence-corrected chi connectivity index (χ0v) is 53.5. The van der Waals surface area contributed by atoms with Crippen molar-refractivity contribution in [3.63, 3.8) is 0 Å². The first-order valence-corrected chi connectivity index (χ1v) is 34.7. The van der Waals surface area contributed by atoms with Crippen molar-refractivity contribution < 1.29 is 28.6 Å². The third kappa shape index (κ3) is 67.0. The van der Waals surface area contributed by atoms with Crippen molar-refractivity contribution in [2.75, 3.05) is 13.2 Å². The third-order valence-corrected chi connectivity index (χ3v) is 15.1. The molecule has 6 heteroatoms. The number of unbranched alkanes of at least 4 members (excludes halogenated alkanes) is 36. The van der Waals surface area contributed by atoms with Crippen LogP contribution in [-0.2, 0) is 28.6 Å². The lowest BCUT2D eigenvalue weighted by molar-refractivity contribution is -0.167. The Hall–Kier alpha value is -3.67. The van der Waals surface area contributed by atoms with E-state index in [0.29, 0.717) is 19.3 Å². The molecule has 0 aromatic rings. The number of rotatable bonds is 63. The normalized spacial score (nSPS) is 12.7. The molecule has 0 aliphatic heterocycles. The van der Waals surface area contributed by atoms with Crippen LogP contribution in [-0.4, -0.2) is 37.2 Å². The van der Waals surface area contributed by atoms with E-state index in [4.69, 9.17) is 14.2 Å². The zero-order valence-electron chi connectivity index (χ0n) is 53.5. The minimum atomic E-state index is -0.781. The van der Waals surface area contributed by atoms with Gasteiger partial charge in [0.25, 0.3) is 0 Å². The Kier molecular flexibility index (Phi) is 65.7. The Morgan fingerprint density at radius 1 is 0.259 bits per heavy atom. The maximum Gasteiger partial charge on any atom is 0.306 e. The second kappa shape index (κ2) is 68.8. The Morgan fingerprint density at radius 2 is 0.481 bits per heavy atom. The standard InChI is InChI=1S/C75H130O6/c1-4-7-10-13-16-19-22-25-28-29-30-31-32-33-34-35-36-37-38-39-40-41-42-43-44-45-48-50-53-56-59-62-65-68-74(77)80-71-72(81-75(78)69-66-63-60-57-54-51-47-27-24-21-18-15-12-9-6-3)70-79-73(76)67-64-61-58-55-52-49-46-26-23-20-17-14-11-8-5-2/h7,10,16,19,25,27-28,30-31,33-34,36-37,39-40,47,72H,4-6,8-9,11-15,17-18,20-24,26,29,32,35,38,41-46,48-71H2,1-3H3/b10-7-,19-16-,28-25-,31-30-,34-33-,37-36-,40-39-,47-27-. The van der Waals surface area contributed by atoms with Gasteiger partial charge >= 0.3 is 17.9 Å². The monoisotopic (exact) mass is 1130 g/mol. The summed E-state index contributed by atoms with van der Waals surface area (Å²) in [6, 6.07) is 0. The average Bonchev–Trinajstić information content (AvgIpc) is 3.47. The molecule has 0 saturated heterocycles. The quantitative estimate of drug-likeness (QED) is 0.0261. The van der Waals surface area contributed by atoms with Gasteiger partial charge in [-0.2, -0.15) is 0 Å². The van der Waals surface area contributed by atoms with E-state index in [9.17, 15) is 14.4 Å². The van der Waals surface area contributed by atoms with Crippen molar-refractivity contribution in [2.24, 2.45) is 0 Å². The van der Waals surface area contributed by atoms with Crippen molar-refractivity contribution in [3.05, 3.63) is 97.2 Å². The number of carbonyl (C=O) groups is 3. The number of ether oxygens (including phenoxy) is 3. The lowest BCUT2D eigenvalue weighted by atomic mass is 10.0. The summed E-state index contributed by atoms with van der Waals surface area (Å²) >= 11 is 0. The van der Waals surface area contributed by atoms with Crippen molar-refractivity contribution in [1.82, 2.24) is 0 Å². The zero-order chi connectivity index (χ0) is 58.5. The molecule has 0 fully saturated rings. The van der Waals surface area contributed by atoms with Crippen LogP contribution in [0.4, 0.5) is 0 Å². The molecule has 0 heterocycles. The van der Waals surface area contributed by atoms with Gasteiger partial charge in [0.2, 0.25) is 0 Å². The SMILES string of the molecule is CC/C=C\C/C=C\C/C=C\C/C=C\C/C=C\C/C=C\C/C=C\CCCCCCCCCCCCCC(=O)OCC(COC(=O)CCCCCCCCCCCCCCCCC)OC(=O)CCCCCCC/C=C\CCCCCCCC. The van der Waals surface area contributed by atoms with Crippen LogP contribution in [0, 0.1) is 0 Å². The van der Waals surface area contributed by atoms with Gasteiger partial charge in [0.1, 0.15) is 13.2 Å². The van der Waals surface area contributed by atoms with Gasteiger partial charge in [-0.3, -0.25) is 14.4 Å². The molecule has 0 rings (SSSR count). The molecule has 0 aromatic heterocycles. The van der Waals surface area contributed by atoms with E-state index >= 15 is 0 Å². The fourth-order valence-electron chi connectivity index (χ4n) is 9.89. The molecule has 1 unspecified atom stereocenters. The minimum absolute atomic E-state index is 0.0768. The molecule has 1 atom stereocenters. The average molecular weight is 1130 g/mol. The molecule has 0 saturated carbocycles. The smallest absolute Gasteiger partial charge is 0.306 e. The van der Waals surface area contributed by atoms with Crippen LogP contribution in [0.15, 0.2) is 97.2 Å². The van der Waals surface area contributed by atoms with Crippen LogP contribution in [0.1, 0.15) is 342 Å². The molecular weight excluding hydrogens is 997 g/mol. The van der Waals surface area contributed by atoms with Crippen molar-refractivity contribution in [2.45, 2.75) is 348 Å². The molecule has 0 bridgehead atoms. The molecular formula is C75H130O6. The van der Waals surface area contributed by atoms with Crippen LogP contribution in [0.3, 0.4) is 0 Å². The third-order valence-electron chi connectivity index (χ3n) is 15.1. The van der Waals surface area contributed by atoms with Crippen LogP contribution in [0.5, 0.6) is 0 Å². The second-order valence-corrected chi connectivity index (χ2v) is 23.1. The Labute approximate surface area is 502 Å². The topological polar surface area (TPSA) is 78.9 Å². The first-order valence-electron chi connectivity index (χ1n) is 34.7. The van der Waals surface area contributed by atoms with Gasteiger partial charge < -0.3 is 14.2 Å². The van der Waals surface area contributed by atoms with E-state index in [2.05, 4.69) is 118 Å². The van der Waals surface area contributed by atoms with Gasteiger partial charge in [-0.1, -0.05) is 317 Å². The molecule has 0 radical (unpaired) electrons. The molecule has 0 spiro atoms. The fraction of sp³-hybridized carbons (Fsp3) is 0.747. The summed E-state index contributed by atoms with van der Waals surface area (Å²) in [6.07, 6.45) is 92.8. The van der Waals surface area contributed by atoms with Gasteiger partial charge in [-0.25, -0.2) is 0 Å². The molecule has 0 aliphatic carbocycles. The van der Waals surface area contributed by atoms with Gasteiger partial charge in [-0.05, 0) is 103 Å². The minimum Gasteiger partial charge on any atom is -0.462 e. The van der Waals surface area contributed by atoms with Crippen LogP contribution < -0.4 is 0 Å². The second-order valence-electron chi connectivity index (χ2n) is 23.1. The molecule has 0 aliphatic rings. The maximum absolute atomic E-state index is 12.9. The summed E-state index contributed by atoms with van der Waals surface area (Å²) in [7, 11) is 0. The molecule has 0 amide bonds. The molecule has 0 N–H and O–H groups in total. The van der Waals surface area contributed by atoms with Gasteiger partial charge in [0.15, 0.2) is 6.10 Å². The van der Waals surface area contributed by atoms with E-state index in [-0.39, 0.29) is 31.1 Å². The predicted molar refractivity (Wildman–Crippen MR) is 353 cm³/mol. The van der Waals surface area contributed by atoms with Crippen molar-refractivity contribution in [3.8, 4) is 0 Å². The lowest BCUT2D eigenvalue weighted by Gasteiger charge is -2.18. The molecule has 6 nitrogen and oxygen atoms in total. The highest BCUT2D eigenvalue weighted by Crippen LogP contribution is 2.17. The highest BCUT2D eigenvalue weighted by molar-refractivity contribution is 5.71. The highest BCUT2D eigenvalue weighted by atomic mass is 16.6. The summed E-state index contributed by atoms with van der Waals surface area (Å²) in [4.78, 5) is 38.4. The molecule has 0 aromatic carbocycles. The number of carbonyl (C=O) groups excluding carboxylic acids is 3. The van der Waals surface area contributed by atoms with E-state index in [1.54, 1.807) is 0 Å². The summed E-state index contributed by atoms with van der Waals surface area (Å²) in [5.41, 5.74) is 0. The summed E-state index contributed by atoms with van der Waals surface area (Å²) < 4.78 is 17.0. The Morgan fingerprint density at radius 3 is 0.765 bits per heavy atom. The summed E-state index contributed by atoms with van der Waals surface area (Å²) in [5, 5.41) is 0. The lowest BCUT2D eigenvalue weighted by Crippen LogP contribution is -2.30. The van der Waals surface area contributed by atoms with Crippen LogP contribution >= 0.6 is 0 Å². The number of hydrogen-bond acceptors (Lipinski definition) is 6. The van der Waals surface area contributed by atoms with E-state index in [1.807, 2.05) is 0 Å². The molecule has 81 heavy (non-hydrogen) atoms. The van der Waals surface area contributed by atoms with Crippen molar-refractivity contribution in [1.29, 1.82) is 0 Å². The maximum atomic E-state index is 12.9. The van der Waals surface area contributed by atoms with Crippen molar-refractivity contribution >= 4 is 17.9 Å². The number of hydrogen-bond donors (Lipinski definition) is 0. The Bertz CT molecular complexity index is 1580. The van der Waals surface area contributed by atoms with Crippen LogP contribution in [0.25, 0.3) is 0 Å². The first-order chi connectivity index (χ1) is 40.0. The van der Waals surface area contributed by atoms with E-state index in [1.165, 1.54) is 186 Å². The van der Waals surface area contributed by atoms with Gasteiger partial charge in [0, 0.05) is 19.3 Å². The largest absolute Gasteiger partial charge is 0.462 e. The molecule has 466 valence electrons. The highest BCUT2D eigenvalue weighted by Gasteiger charge is 2.19. The van der Waals surface area contributed by atoms with Gasteiger partial charge in [-0.15, -0.1) is 0 Å². The number of allylic oxidation sites excluding steroid dienone is 16. The predicted octanol–water partition coefficient (Wildman–Crippen LogP) is 24.0. The summed E-state index contributed by atoms with van der Waals surface area (Å²) in [6.45, 7) is 6.55.